The Morgan fingerprint density at radius 2 is 0.938 bits per heavy atom. The molecular formula is C56H38O8. The molecule has 0 amide bonds. The molecule has 64 heavy (non-hydrogen) atoms. The minimum atomic E-state index is -0.662. The molecule has 0 unspecified atom stereocenters. The van der Waals surface area contributed by atoms with Gasteiger partial charge < -0.3 is 18.9 Å². The largest absolute Gasteiger partial charge is 0.428 e. The van der Waals surface area contributed by atoms with Gasteiger partial charge in [0.25, 0.3) is 0 Å². The fraction of sp³-hybridized carbons (Fsp3) is 0.0357. The molecule has 8 heteroatoms. The zero-order chi connectivity index (χ0) is 44.1. The molecule has 2 aliphatic rings. The highest BCUT2D eigenvalue weighted by molar-refractivity contribution is 6.11. The molecule has 8 nitrogen and oxygen atoms in total. The van der Waals surface area contributed by atoms with E-state index in [4.69, 9.17) is 18.9 Å². The molecule has 0 radical (unpaired) electrons. The molecule has 0 fully saturated rings. The highest BCUT2D eigenvalue weighted by Crippen LogP contribution is 2.45. The Hall–Kier alpha value is -8.80. The quantitative estimate of drug-likeness (QED) is 0.0490. The lowest BCUT2D eigenvalue weighted by Crippen LogP contribution is -2.08. The van der Waals surface area contributed by atoms with Gasteiger partial charge in [-0.1, -0.05) is 139 Å². The van der Waals surface area contributed by atoms with Crippen LogP contribution in [0.4, 0.5) is 0 Å². The molecule has 0 spiro atoms. The van der Waals surface area contributed by atoms with E-state index in [2.05, 4.69) is 11.5 Å². The van der Waals surface area contributed by atoms with Crippen LogP contribution in [-0.2, 0) is 28.7 Å². The summed E-state index contributed by atoms with van der Waals surface area (Å²) < 4.78 is 23.0. The van der Waals surface area contributed by atoms with Crippen molar-refractivity contribution in [2.24, 2.45) is 0 Å². The molecular weight excluding hydrogens is 801 g/mol. The van der Waals surface area contributed by atoms with Crippen molar-refractivity contribution >= 4 is 57.6 Å². The fourth-order valence-corrected chi connectivity index (χ4v) is 6.97. The molecule has 6 aromatic carbocycles. The minimum Gasteiger partial charge on any atom is -0.428 e. The van der Waals surface area contributed by atoms with Crippen LogP contribution in [0.15, 0.2) is 228 Å². The Bertz CT molecular complexity index is 3130. The van der Waals surface area contributed by atoms with Crippen molar-refractivity contribution in [1.29, 1.82) is 0 Å². The van der Waals surface area contributed by atoms with Crippen LogP contribution in [0, 0.1) is 0 Å². The molecule has 0 aliphatic heterocycles. The Balaban J connectivity index is 1.00. The molecule has 0 heterocycles. The van der Waals surface area contributed by atoms with Crippen molar-refractivity contribution in [2.45, 2.75) is 12.8 Å². The number of rotatable bonds is 13. The predicted molar refractivity (Wildman–Crippen MR) is 248 cm³/mol. The predicted octanol–water partition coefficient (Wildman–Crippen LogP) is 11.8. The fourth-order valence-electron chi connectivity index (χ4n) is 6.97. The Morgan fingerprint density at radius 1 is 0.438 bits per heavy atom. The monoisotopic (exact) mass is 838 g/mol. The lowest BCUT2D eigenvalue weighted by Gasteiger charge is -2.18. The summed E-state index contributed by atoms with van der Waals surface area (Å²) in [7, 11) is 0. The first kappa shape index (κ1) is 41.9. The van der Waals surface area contributed by atoms with Crippen LogP contribution < -0.4 is 9.47 Å². The van der Waals surface area contributed by atoms with E-state index < -0.39 is 23.9 Å². The second kappa shape index (κ2) is 20.2. The zero-order valence-electron chi connectivity index (χ0n) is 34.3. The SMILES string of the molecule is O=C(/C=C/c1ccccc1)OC1=C=C=C(/C=C/C(=O)Oc2ccc3ccccc3c2-c2c(OC(=O)/C=C/C3=CC=C(OC(=O)/C=C/c4ccccc4)CC3)ccc3ccccc23)C=C1. The van der Waals surface area contributed by atoms with Crippen molar-refractivity contribution in [3.05, 3.63) is 239 Å². The maximum Gasteiger partial charge on any atom is 0.336 e. The van der Waals surface area contributed by atoms with Gasteiger partial charge in [0.05, 0.1) is 0 Å². The second-order valence-electron chi connectivity index (χ2n) is 14.4. The van der Waals surface area contributed by atoms with E-state index in [1.165, 1.54) is 30.4 Å². The number of carbonyl (C=O) groups excluding carboxylic acids is 4. The lowest BCUT2D eigenvalue weighted by molar-refractivity contribution is -0.134. The Morgan fingerprint density at radius 3 is 1.47 bits per heavy atom. The molecule has 6 aromatic rings. The van der Waals surface area contributed by atoms with Crippen LogP contribution in [0.5, 0.6) is 11.5 Å². The summed E-state index contributed by atoms with van der Waals surface area (Å²) in [5.74, 6) is -1.06. The van der Waals surface area contributed by atoms with Crippen LogP contribution in [-0.4, -0.2) is 23.9 Å². The number of fused-ring (bicyclic) bond motifs is 2. The number of hydrogen-bond donors (Lipinski definition) is 0. The van der Waals surface area contributed by atoms with Crippen LogP contribution in [0.25, 0.3) is 44.8 Å². The van der Waals surface area contributed by atoms with E-state index in [-0.39, 0.29) is 17.3 Å². The third-order valence-corrected chi connectivity index (χ3v) is 10.0. The van der Waals surface area contributed by atoms with Crippen molar-refractivity contribution in [1.82, 2.24) is 0 Å². The van der Waals surface area contributed by atoms with Gasteiger partial charge in [0, 0.05) is 47.4 Å². The summed E-state index contributed by atoms with van der Waals surface area (Å²) in [4.78, 5) is 51.7. The Labute approximate surface area is 369 Å². The van der Waals surface area contributed by atoms with Gasteiger partial charge in [-0.15, -0.1) is 0 Å². The van der Waals surface area contributed by atoms with Gasteiger partial charge in [-0.25, -0.2) is 19.2 Å². The van der Waals surface area contributed by atoms with Gasteiger partial charge in [0.15, 0.2) is 5.76 Å². The smallest absolute Gasteiger partial charge is 0.336 e. The summed E-state index contributed by atoms with van der Waals surface area (Å²) in [6, 6.07) is 41.5. The van der Waals surface area contributed by atoms with E-state index >= 15 is 0 Å². The third-order valence-electron chi connectivity index (χ3n) is 10.0. The van der Waals surface area contributed by atoms with E-state index in [0.29, 0.717) is 35.3 Å². The average Bonchev–Trinajstić information content (AvgIpc) is 3.33. The molecule has 310 valence electrons. The standard InChI is InChI=1S/C56H38O8/c57-51(35-23-39-11-3-1-4-12-39)61-45-29-19-41(20-30-45)25-37-53(59)63-49-33-27-43-15-7-9-17-47(43)55(49)56-48-18-10-8-16-44(48)28-34-50(56)64-54(60)38-26-42-21-31-46(32-22-42)62-52(58)36-24-40-13-5-2-6-14-40/h1-19,21,23-29,31,33-38H,20,30H2/b35-23+,36-24+,37-25+,38-26+. The number of carbonyl (C=O) groups is 4. The maximum atomic E-state index is 13.5. The van der Waals surface area contributed by atoms with Crippen LogP contribution in [0.3, 0.4) is 0 Å². The van der Waals surface area contributed by atoms with Gasteiger partial charge in [-0.3, -0.25) is 0 Å². The highest BCUT2D eigenvalue weighted by atomic mass is 16.5. The first-order valence-electron chi connectivity index (χ1n) is 20.4. The van der Waals surface area contributed by atoms with Gasteiger partial charge >= 0.3 is 23.9 Å². The molecule has 0 saturated carbocycles. The number of esters is 4. The van der Waals surface area contributed by atoms with E-state index in [0.717, 1.165) is 38.2 Å². The van der Waals surface area contributed by atoms with E-state index in [1.807, 2.05) is 121 Å². The first-order chi connectivity index (χ1) is 31.3. The zero-order valence-corrected chi connectivity index (χ0v) is 34.3. The minimum absolute atomic E-state index is 0.176. The Kier molecular flexibility index (Phi) is 13.2. The molecule has 0 saturated heterocycles. The van der Waals surface area contributed by atoms with Crippen LogP contribution in [0.1, 0.15) is 24.0 Å². The van der Waals surface area contributed by atoms with Crippen LogP contribution in [0.2, 0.25) is 0 Å². The van der Waals surface area contributed by atoms with E-state index in [9.17, 15) is 19.2 Å². The topological polar surface area (TPSA) is 105 Å². The van der Waals surface area contributed by atoms with Gasteiger partial charge in [-0.05, 0) is 99.0 Å². The summed E-state index contributed by atoms with van der Waals surface area (Å²) >= 11 is 0. The van der Waals surface area contributed by atoms with Gasteiger partial charge in [0.2, 0.25) is 0 Å². The molecule has 0 N–H and O–H groups in total. The normalized spacial score (nSPS) is 13.6. The second-order valence-corrected chi connectivity index (χ2v) is 14.4. The van der Waals surface area contributed by atoms with Gasteiger partial charge in [-0.2, -0.15) is 0 Å². The van der Waals surface area contributed by atoms with E-state index in [1.54, 1.807) is 54.7 Å². The molecule has 0 bridgehead atoms. The van der Waals surface area contributed by atoms with Crippen molar-refractivity contribution < 1.29 is 38.1 Å². The molecule has 0 atom stereocenters. The van der Waals surface area contributed by atoms with Crippen molar-refractivity contribution in [2.75, 3.05) is 0 Å². The number of benzene rings is 6. The molecule has 8 rings (SSSR count). The maximum absolute atomic E-state index is 13.5. The summed E-state index contributed by atoms with van der Waals surface area (Å²) in [6.07, 6.45) is 19.7. The summed E-state index contributed by atoms with van der Waals surface area (Å²) in [6.45, 7) is 0. The molecule has 0 aromatic heterocycles. The van der Waals surface area contributed by atoms with Gasteiger partial charge in [0.1, 0.15) is 17.3 Å². The number of ether oxygens (including phenoxy) is 4. The number of allylic oxidation sites excluding steroid dienone is 9. The summed E-state index contributed by atoms with van der Waals surface area (Å²) in [5, 5.41) is 3.33. The van der Waals surface area contributed by atoms with Crippen LogP contribution >= 0.6 is 0 Å². The van der Waals surface area contributed by atoms with Crippen molar-refractivity contribution in [3.8, 4) is 22.6 Å². The lowest BCUT2D eigenvalue weighted by atomic mass is 9.92. The average molecular weight is 839 g/mol. The third kappa shape index (κ3) is 10.9. The van der Waals surface area contributed by atoms with Crippen molar-refractivity contribution in [3.63, 3.8) is 0 Å². The highest BCUT2D eigenvalue weighted by Gasteiger charge is 2.21. The number of hydrogen-bond acceptors (Lipinski definition) is 8. The summed E-state index contributed by atoms with van der Waals surface area (Å²) in [5.41, 5.74) is 9.94. The molecule has 2 aliphatic carbocycles. The first-order valence-corrected chi connectivity index (χ1v) is 20.4.